The van der Waals surface area contributed by atoms with Crippen molar-refractivity contribution in [2.75, 3.05) is 27.4 Å². The summed E-state index contributed by atoms with van der Waals surface area (Å²) in [6.45, 7) is 0.534. The Balaban J connectivity index is 2.73. The third kappa shape index (κ3) is 2.12. The lowest BCUT2D eigenvalue weighted by atomic mass is 10.1. The molecule has 0 bridgehead atoms. The van der Waals surface area contributed by atoms with E-state index in [0.29, 0.717) is 0 Å². The van der Waals surface area contributed by atoms with Crippen LogP contribution >= 0.6 is 0 Å². The van der Waals surface area contributed by atoms with Crippen molar-refractivity contribution in [3.8, 4) is 17.2 Å². The minimum Gasteiger partial charge on any atom is -0.487 e. The Morgan fingerprint density at radius 2 is 2.05 bits per heavy atom. The molecular formula is C11H11NO7. The second-order valence-electron chi connectivity index (χ2n) is 3.58. The summed E-state index contributed by atoms with van der Waals surface area (Å²) in [6.07, 6.45) is 0. The SMILES string of the molecule is COC(=O)c1cc2c(c(OC)c1[N+](=O)[O-])OCCO2. The molecule has 1 aromatic carbocycles. The van der Waals surface area contributed by atoms with Crippen molar-refractivity contribution < 1.29 is 28.7 Å². The molecule has 1 aromatic rings. The zero-order valence-electron chi connectivity index (χ0n) is 10.3. The van der Waals surface area contributed by atoms with Crippen LogP contribution in [0.3, 0.4) is 0 Å². The van der Waals surface area contributed by atoms with Crippen molar-refractivity contribution in [3.63, 3.8) is 0 Å². The van der Waals surface area contributed by atoms with E-state index in [1.807, 2.05) is 0 Å². The lowest BCUT2D eigenvalue weighted by Crippen LogP contribution is -2.18. The maximum Gasteiger partial charge on any atom is 0.345 e. The van der Waals surface area contributed by atoms with Crippen LogP contribution in [0.1, 0.15) is 10.4 Å². The smallest absolute Gasteiger partial charge is 0.345 e. The molecule has 8 heteroatoms. The molecule has 8 nitrogen and oxygen atoms in total. The van der Waals surface area contributed by atoms with Gasteiger partial charge in [-0.2, -0.15) is 0 Å². The van der Waals surface area contributed by atoms with Gasteiger partial charge >= 0.3 is 11.7 Å². The summed E-state index contributed by atoms with van der Waals surface area (Å²) < 4.78 is 20.1. The molecule has 1 aliphatic rings. The molecule has 0 radical (unpaired) electrons. The number of nitro groups is 1. The zero-order valence-corrected chi connectivity index (χ0v) is 10.3. The van der Waals surface area contributed by atoms with E-state index in [2.05, 4.69) is 4.74 Å². The average Bonchev–Trinajstić information content (AvgIpc) is 2.43. The number of hydrogen-bond acceptors (Lipinski definition) is 7. The Labute approximate surface area is 108 Å². The Morgan fingerprint density at radius 3 is 2.63 bits per heavy atom. The first-order valence-electron chi connectivity index (χ1n) is 5.33. The highest BCUT2D eigenvalue weighted by molar-refractivity contribution is 5.97. The number of esters is 1. The first-order valence-corrected chi connectivity index (χ1v) is 5.33. The summed E-state index contributed by atoms with van der Waals surface area (Å²) in [5.41, 5.74) is -0.743. The predicted octanol–water partition coefficient (Wildman–Crippen LogP) is 1.16. The summed E-state index contributed by atoms with van der Waals surface area (Å²) >= 11 is 0. The van der Waals surface area contributed by atoms with E-state index in [9.17, 15) is 14.9 Å². The Hall–Kier alpha value is -2.51. The molecule has 0 saturated heterocycles. The van der Waals surface area contributed by atoms with Gasteiger partial charge < -0.3 is 18.9 Å². The molecule has 0 spiro atoms. The minimum absolute atomic E-state index is 0.119. The summed E-state index contributed by atoms with van der Waals surface area (Å²) in [4.78, 5) is 22.0. The van der Waals surface area contributed by atoms with Gasteiger partial charge in [0, 0.05) is 6.07 Å². The monoisotopic (exact) mass is 269 g/mol. The molecule has 0 unspecified atom stereocenters. The maximum absolute atomic E-state index is 11.6. The van der Waals surface area contributed by atoms with E-state index in [-0.39, 0.29) is 36.0 Å². The van der Waals surface area contributed by atoms with E-state index >= 15 is 0 Å². The van der Waals surface area contributed by atoms with Gasteiger partial charge in [-0.3, -0.25) is 10.1 Å². The molecule has 2 rings (SSSR count). The van der Waals surface area contributed by atoms with Gasteiger partial charge in [0.2, 0.25) is 11.5 Å². The number of nitro benzene ring substituents is 1. The highest BCUT2D eigenvalue weighted by Gasteiger charge is 2.34. The molecule has 0 fully saturated rings. The van der Waals surface area contributed by atoms with E-state index in [0.717, 1.165) is 7.11 Å². The second-order valence-corrected chi connectivity index (χ2v) is 3.58. The van der Waals surface area contributed by atoms with Gasteiger partial charge in [-0.15, -0.1) is 0 Å². The number of methoxy groups -OCH3 is 2. The van der Waals surface area contributed by atoms with Gasteiger partial charge in [0.05, 0.1) is 19.1 Å². The van der Waals surface area contributed by atoms with Gasteiger partial charge in [0.15, 0.2) is 5.75 Å². The molecular weight excluding hydrogens is 258 g/mol. The van der Waals surface area contributed by atoms with Gasteiger partial charge in [-0.05, 0) is 0 Å². The van der Waals surface area contributed by atoms with Crippen molar-refractivity contribution in [3.05, 3.63) is 21.7 Å². The number of ether oxygens (including phenoxy) is 4. The molecule has 0 aliphatic carbocycles. The standard InChI is InChI=1S/C11H11NO7/c1-16-10-8(12(14)15)6(11(13)17-2)5-7-9(10)19-4-3-18-7/h5H,3-4H2,1-2H3. The number of carbonyl (C=O) groups excluding carboxylic acids is 1. The van der Waals surface area contributed by atoms with Crippen LogP contribution in [0.4, 0.5) is 5.69 Å². The molecule has 102 valence electrons. The van der Waals surface area contributed by atoms with Gasteiger partial charge in [0.1, 0.15) is 18.8 Å². The number of rotatable bonds is 3. The lowest BCUT2D eigenvalue weighted by Gasteiger charge is -2.21. The maximum atomic E-state index is 11.6. The lowest BCUT2D eigenvalue weighted by molar-refractivity contribution is -0.386. The summed E-state index contributed by atoms with van der Waals surface area (Å²) in [5.74, 6) is -0.660. The van der Waals surface area contributed by atoms with Crippen LogP contribution in [0.5, 0.6) is 17.2 Å². The Morgan fingerprint density at radius 1 is 1.37 bits per heavy atom. The Kier molecular flexibility index (Phi) is 3.41. The zero-order chi connectivity index (χ0) is 14.0. The van der Waals surface area contributed by atoms with Crippen molar-refractivity contribution in [1.29, 1.82) is 0 Å². The van der Waals surface area contributed by atoms with E-state index in [4.69, 9.17) is 14.2 Å². The van der Waals surface area contributed by atoms with Crippen molar-refractivity contribution in [2.24, 2.45) is 0 Å². The Bertz CT molecular complexity index is 540. The van der Waals surface area contributed by atoms with Crippen molar-refractivity contribution >= 4 is 11.7 Å². The molecule has 0 saturated carbocycles. The second kappa shape index (κ2) is 5.01. The summed E-state index contributed by atoms with van der Waals surface area (Å²) in [6, 6.07) is 1.22. The largest absolute Gasteiger partial charge is 0.487 e. The van der Waals surface area contributed by atoms with Gasteiger partial charge in [0.25, 0.3) is 0 Å². The number of hydrogen-bond donors (Lipinski definition) is 0. The van der Waals surface area contributed by atoms with Gasteiger partial charge in [-0.1, -0.05) is 0 Å². The van der Waals surface area contributed by atoms with Crippen molar-refractivity contribution in [2.45, 2.75) is 0 Å². The van der Waals surface area contributed by atoms with Crippen LogP contribution in [0.25, 0.3) is 0 Å². The van der Waals surface area contributed by atoms with E-state index in [1.54, 1.807) is 0 Å². The summed E-state index contributed by atoms with van der Waals surface area (Å²) in [5, 5.41) is 11.1. The van der Waals surface area contributed by atoms with Gasteiger partial charge in [-0.25, -0.2) is 4.79 Å². The molecule has 0 atom stereocenters. The van der Waals surface area contributed by atoms with Crippen LogP contribution in [0.15, 0.2) is 6.07 Å². The highest BCUT2D eigenvalue weighted by atomic mass is 16.6. The highest BCUT2D eigenvalue weighted by Crippen LogP contribution is 2.47. The topological polar surface area (TPSA) is 97.1 Å². The molecule has 1 heterocycles. The fourth-order valence-corrected chi connectivity index (χ4v) is 1.78. The average molecular weight is 269 g/mol. The molecule has 0 aromatic heterocycles. The number of carbonyl (C=O) groups is 1. The molecule has 19 heavy (non-hydrogen) atoms. The van der Waals surface area contributed by atoms with Crippen LogP contribution in [-0.4, -0.2) is 38.3 Å². The quantitative estimate of drug-likeness (QED) is 0.461. The normalized spacial score (nSPS) is 12.7. The van der Waals surface area contributed by atoms with Crippen LogP contribution in [-0.2, 0) is 4.74 Å². The molecule has 0 amide bonds. The van der Waals surface area contributed by atoms with Crippen molar-refractivity contribution in [1.82, 2.24) is 0 Å². The molecule has 0 N–H and O–H groups in total. The number of benzene rings is 1. The third-order valence-corrected chi connectivity index (χ3v) is 2.55. The van der Waals surface area contributed by atoms with Crippen LogP contribution in [0.2, 0.25) is 0 Å². The minimum atomic E-state index is -0.845. The van der Waals surface area contributed by atoms with Crippen LogP contribution in [0, 0.1) is 10.1 Å². The summed E-state index contributed by atoms with van der Waals surface area (Å²) in [7, 11) is 2.39. The van der Waals surface area contributed by atoms with E-state index in [1.165, 1.54) is 13.2 Å². The fourth-order valence-electron chi connectivity index (χ4n) is 1.78. The van der Waals surface area contributed by atoms with Crippen LogP contribution < -0.4 is 14.2 Å². The predicted molar refractivity (Wildman–Crippen MR) is 62.0 cm³/mol. The number of nitrogens with zero attached hydrogens (tertiary/aromatic N) is 1. The first-order chi connectivity index (χ1) is 9.10. The fraction of sp³-hybridized carbons (Fsp3) is 0.364. The third-order valence-electron chi connectivity index (χ3n) is 2.55. The molecule has 1 aliphatic heterocycles. The number of fused-ring (bicyclic) bond motifs is 1. The first kappa shape index (κ1) is 12.9. The van der Waals surface area contributed by atoms with E-state index < -0.39 is 16.6 Å².